The molecule has 2 unspecified atom stereocenters. The number of hydrogen-bond acceptors (Lipinski definition) is 3. The van der Waals surface area contributed by atoms with Crippen molar-refractivity contribution in [2.45, 2.75) is 39.2 Å². The average molecular weight is 281 g/mol. The Balaban J connectivity index is 2.22. The van der Waals surface area contributed by atoms with Gasteiger partial charge in [0, 0.05) is 17.8 Å². The van der Waals surface area contributed by atoms with E-state index in [0.717, 1.165) is 23.3 Å². The first-order valence-electron chi connectivity index (χ1n) is 6.63. The summed E-state index contributed by atoms with van der Waals surface area (Å²) in [6.07, 6.45) is 2.13. The van der Waals surface area contributed by atoms with Crippen LogP contribution in [0.4, 0.5) is 0 Å². The van der Waals surface area contributed by atoms with Crippen LogP contribution in [-0.4, -0.2) is 28.4 Å². The molecule has 1 aromatic rings. The van der Waals surface area contributed by atoms with Crippen LogP contribution in [-0.2, 0) is 16.0 Å². The summed E-state index contributed by atoms with van der Waals surface area (Å²) in [6.45, 7) is 4.58. The van der Waals surface area contributed by atoms with Crippen LogP contribution in [0.5, 0.6) is 0 Å². The molecular weight excluding hydrogens is 262 g/mol. The fourth-order valence-corrected chi connectivity index (χ4v) is 3.31. The van der Waals surface area contributed by atoms with E-state index in [0.29, 0.717) is 18.9 Å². The quantitative estimate of drug-likeness (QED) is 0.923. The number of aliphatic carboxylic acids is 1. The fraction of sp³-hybridized carbons (Fsp3) is 0.571. The van der Waals surface area contributed by atoms with E-state index in [1.807, 2.05) is 25.3 Å². The summed E-state index contributed by atoms with van der Waals surface area (Å²) in [5.41, 5.74) is 0.793. The molecule has 0 fully saturated rings. The molecule has 0 aromatic carbocycles. The van der Waals surface area contributed by atoms with E-state index in [1.165, 1.54) is 4.90 Å². The molecule has 1 amide bonds. The second-order valence-corrected chi connectivity index (χ2v) is 6.10. The molecule has 19 heavy (non-hydrogen) atoms. The van der Waals surface area contributed by atoms with E-state index in [4.69, 9.17) is 0 Å². The number of nitrogens with zero attached hydrogens (tertiary/aromatic N) is 1. The summed E-state index contributed by atoms with van der Waals surface area (Å²) >= 11 is 1.58. The van der Waals surface area contributed by atoms with Crippen molar-refractivity contribution in [3.8, 4) is 0 Å². The van der Waals surface area contributed by atoms with Crippen LogP contribution in [0.25, 0.3) is 0 Å². The molecule has 0 saturated carbocycles. The van der Waals surface area contributed by atoms with Crippen LogP contribution < -0.4 is 0 Å². The molecule has 2 atom stereocenters. The predicted molar refractivity (Wildman–Crippen MR) is 74.2 cm³/mol. The molecule has 0 aliphatic carbocycles. The van der Waals surface area contributed by atoms with Crippen molar-refractivity contribution in [3.63, 3.8) is 0 Å². The lowest BCUT2D eigenvalue weighted by Crippen LogP contribution is -2.43. The van der Waals surface area contributed by atoms with Crippen LogP contribution in [0.15, 0.2) is 11.4 Å². The van der Waals surface area contributed by atoms with Gasteiger partial charge in [-0.3, -0.25) is 4.79 Å². The van der Waals surface area contributed by atoms with Crippen LogP contribution in [0.1, 0.15) is 43.2 Å². The topological polar surface area (TPSA) is 57.6 Å². The van der Waals surface area contributed by atoms with Gasteiger partial charge >= 0.3 is 5.97 Å². The Hall–Kier alpha value is -1.36. The minimum atomic E-state index is -0.933. The lowest BCUT2D eigenvalue weighted by atomic mass is 9.97. The zero-order chi connectivity index (χ0) is 14.0. The standard InChI is InChI=1S/C14H19NO3S/c1-3-9(2)8-12(16)15-6-4-11-10(5-7-19-11)13(15)14(17)18/h5,7,9,13H,3-4,6,8H2,1-2H3,(H,17,18). The van der Waals surface area contributed by atoms with Crippen molar-refractivity contribution >= 4 is 23.2 Å². The number of amides is 1. The molecule has 1 N–H and O–H groups in total. The third-order valence-electron chi connectivity index (χ3n) is 3.74. The Morgan fingerprint density at radius 3 is 2.95 bits per heavy atom. The first-order valence-corrected chi connectivity index (χ1v) is 7.51. The molecule has 0 radical (unpaired) electrons. The molecule has 0 saturated heterocycles. The van der Waals surface area contributed by atoms with Gasteiger partial charge in [0.2, 0.25) is 5.91 Å². The smallest absolute Gasteiger partial charge is 0.331 e. The van der Waals surface area contributed by atoms with Crippen molar-refractivity contribution in [2.24, 2.45) is 5.92 Å². The Morgan fingerprint density at radius 2 is 2.32 bits per heavy atom. The fourth-order valence-electron chi connectivity index (χ4n) is 2.41. The molecule has 4 nitrogen and oxygen atoms in total. The maximum atomic E-state index is 12.3. The van der Waals surface area contributed by atoms with Gasteiger partial charge in [-0.2, -0.15) is 0 Å². The number of thiophene rings is 1. The summed E-state index contributed by atoms with van der Waals surface area (Å²) in [4.78, 5) is 26.4. The van der Waals surface area contributed by atoms with E-state index in [9.17, 15) is 14.7 Å². The average Bonchev–Trinajstić information content (AvgIpc) is 2.84. The van der Waals surface area contributed by atoms with E-state index in [1.54, 1.807) is 11.3 Å². The van der Waals surface area contributed by atoms with Gasteiger partial charge < -0.3 is 10.0 Å². The molecule has 1 aliphatic heterocycles. The van der Waals surface area contributed by atoms with Crippen LogP contribution in [0.2, 0.25) is 0 Å². The third kappa shape index (κ3) is 2.81. The second-order valence-electron chi connectivity index (χ2n) is 5.09. The zero-order valence-corrected chi connectivity index (χ0v) is 12.1. The molecule has 2 heterocycles. The molecule has 1 aromatic heterocycles. The zero-order valence-electron chi connectivity index (χ0n) is 11.3. The molecular formula is C14H19NO3S. The van der Waals surface area contributed by atoms with Gasteiger partial charge in [-0.25, -0.2) is 4.79 Å². The van der Waals surface area contributed by atoms with Crippen molar-refractivity contribution in [3.05, 3.63) is 21.9 Å². The highest BCUT2D eigenvalue weighted by Gasteiger charge is 2.36. The SMILES string of the molecule is CCC(C)CC(=O)N1CCc2sccc2C1C(=O)O. The Kier molecular flexibility index (Phi) is 4.24. The Bertz CT molecular complexity index is 483. The molecule has 5 heteroatoms. The number of hydrogen-bond donors (Lipinski definition) is 1. The molecule has 0 spiro atoms. The first kappa shape index (κ1) is 14.1. The van der Waals surface area contributed by atoms with Gasteiger partial charge in [-0.15, -0.1) is 11.3 Å². The van der Waals surface area contributed by atoms with Crippen LogP contribution in [0, 0.1) is 5.92 Å². The molecule has 1 aliphatic rings. The highest BCUT2D eigenvalue weighted by Crippen LogP contribution is 2.34. The highest BCUT2D eigenvalue weighted by molar-refractivity contribution is 7.10. The lowest BCUT2D eigenvalue weighted by molar-refractivity contribution is -0.151. The maximum absolute atomic E-state index is 12.3. The molecule has 104 valence electrons. The molecule has 0 bridgehead atoms. The summed E-state index contributed by atoms with van der Waals surface area (Å²) in [5, 5.41) is 11.3. The van der Waals surface area contributed by atoms with Crippen molar-refractivity contribution in [1.29, 1.82) is 0 Å². The number of rotatable bonds is 4. The minimum Gasteiger partial charge on any atom is -0.479 e. The monoisotopic (exact) mass is 281 g/mol. The normalized spacial score (nSPS) is 19.9. The van der Waals surface area contributed by atoms with E-state index < -0.39 is 12.0 Å². The summed E-state index contributed by atoms with van der Waals surface area (Å²) < 4.78 is 0. The van der Waals surface area contributed by atoms with Gasteiger partial charge in [0.05, 0.1) is 0 Å². The maximum Gasteiger partial charge on any atom is 0.331 e. The number of fused-ring (bicyclic) bond motifs is 1. The highest BCUT2D eigenvalue weighted by atomic mass is 32.1. The van der Waals surface area contributed by atoms with Crippen molar-refractivity contribution in [1.82, 2.24) is 4.90 Å². The first-order chi connectivity index (χ1) is 9.04. The Morgan fingerprint density at radius 1 is 1.58 bits per heavy atom. The molecule has 2 rings (SSSR count). The van der Waals surface area contributed by atoms with Crippen molar-refractivity contribution in [2.75, 3.05) is 6.54 Å². The van der Waals surface area contributed by atoms with Gasteiger partial charge in [-0.05, 0) is 29.3 Å². The van der Waals surface area contributed by atoms with E-state index in [2.05, 4.69) is 0 Å². The largest absolute Gasteiger partial charge is 0.479 e. The number of carbonyl (C=O) groups is 2. The van der Waals surface area contributed by atoms with E-state index >= 15 is 0 Å². The van der Waals surface area contributed by atoms with Crippen molar-refractivity contribution < 1.29 is 14.7 Å². The number of carbonyl (C=O) groups excluding carboxylic acids is 1. The summed E-state index contributed by atoms with van der Waals surface area (Å²) in [5.74, 6) is -0.679. The minimum absolute atomic E-state index is 0.0430. The Labute approximate surface area is 117 Å². The second kappa shape index (κ2) is 5.74. The third-order valence-corrected chi connectivity index (χ3v) is 4.74. The lowest BCUT2D eigenvalue weighted by Gasteiger charge is -2.33. The predicted octanol–water partition coefficient (Wildman–Crippen LogP) is 2.69. The van der Waals surface area contributed by atoms with E-state index in [-0.39, 0.29) is 5.91 Å². The van der Waals surface area contributed by atoms with Gasteiger partial charge in [0.1, 0.15) is 0 Å². The van der Waals surface area contributed by atoms with Gasteiger partial charge in [0.25, 0.3) is 0 Å². The van der Waals surface area contributed by atoms with Crippen LogP contribution >= 0.6 is 11.3 Å². The van der Waals surface area contributed by atoms with Gasteiger partial charge in [-0.1, -0.05) is 20.3 Å². The number of carboxylic acids is 1. The summed E-state index contributed by atoms with van der Waals surface area (Å²) in [7, 11) is 0. The van der Waals surface area contributed by atoms with Gasteiger partial charge in [0.15, 0.2) is 6.04 Å². The summed E-state index contributed by atoms with van der Waals surface area (Å²) in [6, 6.07) is 1.04. The van der Waals surface area contributed by atoms with Crippen LogP contribution in [0.3, 0.4) is 0 Å². The number of carboxylic acid groups (broad SMARTS) is 1.